The smallest absolute Gasteiger partial charge is 0.195 e. The topological polar surface area (TPSA) is 59.5 Å². The van der Waals surface area contributed by atoms with E-state index in [0.717, 1.165) is 49.5 Å². The molecule has 29 heavy (non-hydrogen) atoms. The van der Waals surface area contributed by atoms with Gasteiger partial charge in [-0.2, -0.15) is 5.26 Å². The number of fused-ring (bicyclic) bond motifs is 1. The van der Waals surface area contributed by atoms with Gasteiger partial charge in [0.15, 0.2) is 4.96 Å². The molecule has 0 aliphatic carbocycles. The number of methoxy groups -OCH3 is 1. The van der Waals surface area contributed by atoms with Gasteiger partial charge in [0.25, 0.3) is 0 Å². The number of nitrogens with zero attached hydrogens (tertiary/aromatic N) is 3. The van der Waals surface area contributed by atoms with Crippen LogP contribution in [0.4, 0.5) is 0 Å². The molecular formula is C23H21N3O2S. The number of aromatic nitrogens is 2. The van der Waals surface area contributed by atoms with Crippen LogP contribution in [0.25, 0.3) is 27.5 Å². The van der Waals surface area contributed by atoms with Crippen molar-refractivity contribution in [1.82, 2.24) is 9.38 Å². The third kappa shape index (κ3) is 3.45. The number of ether oxygens (including phenoxy) is 2. The minimum Gasteiger partial charge on any atom is -0.497 e. The summed E-state index contributed by atoms with van der Waals surface area (Å²) in [5, 5.41) is 9.50. The summed E-state index contributed by atoms with van der Waals surface area (Å²) in [6.45, 7) is 4.70. The lowest BCUT2D eigenvalue weighted by molar-refractivity contribution is 0.340. The highest BCUT2D eigenvalue weighted by atomic mass is 32.1. The average Bonchev–Trinajstić information content (AvgIpc) is 3.24. The number of hydrogen-bond donors (Lipinski definition) is 0. The molecule has 4 aromatic rings. The maximum Gasteiger partial charge on any atom is 0.195 e. The van der Waals surface area contributed by atoms with Crippen LogP contribution in [0, 0.1) is 18.3 Å². The Bertz CT molecular complexity index is 1200. The summed E-state index contributed by atoms with van der Waals surface area (Å²) in [6.07, 6.45) is 0.272. The third-order valence-corrected chi connectivity index (χ3v) is 5.73. The molecule has 5 nitrogen and oxygen atoms in total. The standard InChI is InChI=1S/C23H21N3O2S/c1-4-28-18-10-8-16(9-11-18)22-15(2)29-23-25-21(20(12-13-24)26(22)23)17-6-5-7-19(14-17)27-3/h5-11,14H,4,12H2,1-3H3. The van der Waals surface area contributed by atoms with E-state index in [4.69, 9.17) is 14.5 Å². The van der Waals surface area contributed by atoms with Gasteiger partial charge < -0.3 is 9.47 Å². The predicted octanol–water partition coefficient (Wildman–Crippen LogP) is 5.51. The number of hydrogen-bond acceptors (Lipinski definition) is 5. The average molecular weight is 404 g/mol. The molecule has 0 radical (unpaired) electrons. The van der Waals surface area contributed by atoms with E-state index in [-0.39, 0.29) is 6.42 Å². The monoisotopic (exact) mass is 403 g/mol. The molecule has 0 N–H and O–H groups in total. The molecule has 0 atom stereocenters. The lowest BCUT2D eigenvalue weighted by Crippen LogP contribution is -1.97. The minimum absolute atomic E-state index is 0.272. The van der Waals surface area contributed by atoms with Crippen molar-refractivity contribution in [3.63, 3.8) is 0 Å². The highest BCUT2D eigenvalue weighted by molar-refractivity contribution is 7.17. The van der Waals surface area contributed by atoms with Crippen molar-refractivity contribution in [2.75, 3.05) is 13.7 Å². The number of benzene rings is 2. The predicted molar refractivity (Wildman–Crippen MR) is 116 cm³/mol. The quantitative estimate of drug-likeness (QED) is 0.426. The van der Waals surface area contributed by atoms with Gasteiger partial charge in [0.2, 0.25) is 0 Å². The first kappa shape index (κ1) is 19.0. The van der Waals surface area contributed by atoms with Crippen LogP contribution in [0.1, 0.15) is 17.5 Å². The second-order valence-corrected chi connectivity index (χ2v) is 7.74. The van der Waals surface area contributed by atoms with Crippen molar-refractivity contribution >= 4 is 16.3 Å². The first-order valence-electron chi connectivity index (χ1n) is 9.41. The largest absolute Gasteiger partial charge is 0.497 e. The van der Waals surface area contributed by atoms with Crippen LogP contribution in [-0.4, -0.2) is 23.1 Å². The summed E-state index contributed by atoms with van der Waals surface area (Å²) in [4.78, 5) is 6.93. The number of nitriles is 1. The van der Waals surface area contributed by atoms with Crippen LogP contribution >= 0.6 is 11.3 Å². The summed E-state index contributed by atoms with van der Waals surface area (Å²) in [5.74, 6) is 1.62. The molecule has 2 heterocycles. The zero-order valence-electron chi connectivity index (χ0n) is 16.6. The molecule has 4 rings (SSSR count). The van der Waals surface area contributed by atoms with Crippen LogP contribution in [0.3, 0.4) is 0 Å². The van der Waals surface area contributed by atoms with Crippen molar-refractivity contribution < 1.29 is 9.47 Å². The Balaban J connectivity index is 1.91. The van der Waals surface area contributed by atoms with Crippen molar-refractivity contribution in [1.29, 1.82) is 5.26 Å². The van der Waals surface area contributed by atoms with Crippen LogP contribution in [0.5, 0.6) is 11.5 Å². The molecule has 2 aromatic heterocycles. The van der Waals surface area contributed by atoms with Crippen LogP contribution in [0.15, 0.2) is 48.5 Å². The SMILES string of the molecule is CCOc1ccc(-c2c(C)sc3nc(-c4cccc(OC)c4)c(CC#N)n23)cc1. The second kappa shape index (κ2) is 7.98. The fraction of sp³-hybridized carbons (Fsp3) is 0.217. The Kier molecular flexibility index (Phi) is 5.24. The van der Waals surface area contributed by atoms with E-state index in [0.29, 0.717) is 6.61 Å². The normalized spacial score (nSPS) is 10.8. The summed E-state index contributed by atoms with van der Waals surface area (Å²) in [6, 6.07) is 18.2. The van der Waals surface area contributed by atoms with Gasteiger partial charge in [-0.1, -0.05) is 12.1 Å². The number of rotatable bonds is 6. The van der Waals surface area contributed by atoms with Crippen molar-refractivity contribution in [2.45, 2.75) is 20.3 Å². The zero-order valence-corrected chi connectivity index (χ0v) is 17.4. The molecule has 2 aromatic carbocycles. The molecule has 0 aliphatic rings. The van der Waals surface area contributed by atoms with E-state index in [1.165, 1.54) is 0 Å². The Morgan fingerprint density at radius 2 is 1.90 bits per heavy atom. The first-order valence-corrected chi connectivity index (χ1v) is 10.2. The molecule has 0 bridgehead atoms. The lowest BCUT2D eigenvalue weighted by atomic mass is 10.1. The maximum absolute atomic E-state index is 9.50. The lowest BCUT2D eigenvalue weighted by Gasteiger charge is -2.08. The highest BCUT2D eigenvalue weighted by Gasteiger charge is 2.21. The first-order chi connectivity index (χ1) is 14.2. The molecule has 0 aliphatic heterocycles. The molecule has 0 amide bonds. The van der Waals surface area contributed by atoms with Gasteiger partial charge in [-0.25, -0.2) is 4.98 Å². The third-order valence-electron chi connectivity index (χ3n) is 4.77. The molecular weight excluding hydrogens is 382 g/mol. The van der Waals surface area contributed by atoms with E-state index in [1.807, 2.05) is 43.3 Å². The molecule has 0 saturated heterocycles. The highest BCUT2D eigenvalue weighted by Crippen LogP contribution is 2.37. The van der Waals surface area contributed by atoms with Gasteiger partial charge in [0.1, 0.15) is 11.5 Å². The molecule has 0 fully saturated rings. The maximum atomic E-state index is 9.50. The van der Waals surface area contributed by atoms with Gasteiger partial charge in [0.05, 0.1) is 43.3 Å². The number of imidazole rings is 1. The zero-order chi connectivity index (χ0) is 20.4. The van der Waals surface area contributed by atoms with Crippen LogP contribution < -0.4 is 9.47 Å². The summed E-state index contributed by atoms with van der Waals surface area (Å²) in [5.41, 5.74) is 4.81. The Morgan fingerprint density at radius 3 is 2.59 bits per heavy atom. The van der Waals surface area contributed by atoms with Gasteiger partial charge in [-0.3, -0.25) is 4.40 Å². The Hall–Kier alpha value is -3.30. The molecule has 0 unspecified atom stereocenters. The number of aryl methyl sites for hydroxylation is 1. The van der Waals surface area contributed by atoms with E-state index in [9.17, 15) is 5.26 Å². The van der Waals surface area contributed by atoms with E-state index < -0.39 is 0 Å². The van der Waals surface area contributed by atoms with Gasteiger partial charge >= 0.3 is 0 Å². The van der Waals surface area contributed by atoms with Gasteiger partial charge in [-0.05, 0) is 55.8 Å². The fourth-order valence-corrected chi connectivity index (χ4v) is 4.53. The molecule has 146 valence electrons. The van der Waals surface area contributed by atoms with Crippen LogP contribution in [0.2, 0.25) is 0 Å². The number of thiazole rings is 1. The van der Waals surface area contributed by atoms with E-state index >= 15 is 0 Å². The van der Waals surface area contributed by atoms with Crippen molar-refractivity contribution in [2.24, 2.45) is 0 Å². The van der Waals surface area contributed by atoms with Gasteiger partial charge in [-0.15, -0.1) is 11.3 Å². The van der Waals surface area contributed by atoms with Crippen LogP contribution in [-0.2, 0) is 6.42 Å². The van der Waals surface area contributed by atoms with E-state index in [2.05, 4.69) is 29.5 Å². The summed E-state index contributed by atoms with van der Waals surface area (Å²) in [7, 11) is 1.65. The van der Waals surface area contributed by atoms with E-state index in [1.54, 1.807) is 18.4 Å². The summed E-state index contributed by atoms with van der Waals surface area (Å²) >= 11 is 1.63. The minimum atomic E-state index is 0.272. The second-order valence-electron chi connectivity index (χ2n) is 6.56. The Morgan fingerprint density at radius 1 is 1.10 bits per heavy atom. The Labute approximate surface area is 173 Å². The van der Waals surface area contributed by atoms with Crippen molar-refractivity contribution in [3.8, 4) is 40.1 Å². The fourth-order valence-electron chi connectivity index (χ4n) is 3.52. The molecule has 6 heteroatoms. The molecule has 0 saturated carbocycles. The molecule has 0 spiro atoms. The van der Waals surface area contributed by atoms with Crippen molar-refractivity contribution in [3.05, 3.63) is 59.1 Å². The summed E-state index contributed by atoms with van der Waals surface area (Å²) < 4.78 is 13.1. The van der Waals surface area contributed by atoms with Gasteiger partial charge in [0, 0.05) is 10.4 Å².